The van der Waals surface area contributed by atoms with Gasteiger partial charge in [0.15, 0.2) is 6.29 Å². The molecule has 1 nitrogen and oxygen atoms in total. The minimum absolute atomic E-state index is 0.0595. The number of hydrogen-bond acceptors (Lipinski definition) is 1. The quantitative estimate of drug-likeness (QED) is 0.532. The maximum atomic E-state index is 12.8. The number of alkyl halides is 3. The number of carbonyl (C=O) groups excluding carboxylic acids is 1. The highest BCUT2D eigenvalue weighted by molar-refractivity contribution is 5.75. The van der Waals surface area contributed by atoms with Crippen molar-refractivity contribution in [3.63, 3.8) is 0 Å². The summed E-state index contributed by atoms with van der Waals surface area (Å²) < 4.78 is 49.6. The molecular formula is C11H12F4O. The molecule has 1 aromatic rings. The number of carbonyl (C=O) groups is 1. The zero-order valence-electron chi connectivity index (χ0n) is 9.15. The third-order valence-electron chi connectivity index (χ3n) is 1.78. The smallest absolute Gasteiger partial charge is 0.298 e. The molecule has 0 radical (unpaired) electrons. The number of aryl methyl sites for hydroxylation is 1. The summed E-state index contributed by atoms with van der Waals surface area (Å²) in [5, 5.41) is 0. The average molecular weight is 236 g/mol. The van der Waals surface area contributed by atoms with E-state index in [1.54, 1.807) is 0 Å². The van der Waals surface area contributed by atoms with E-state index in [1.807, 2.05) is 13.8 Å². The molecule has 0 aromatic heterocycles. The van der Waals surface area contributed by atoms with Crippen LogP contribution in [0.5, 0.6) is 0 Å². The molecule has 0 heterocycles. The lowest BCUT2D eigenvalue weighted by Gasteiger charge is -2.10. The van der Waals surface area contributed by atoms with Crippen LogP contribution in [0.1, 0.15) is 35.3 Å². The summed E-state index contributed by atoms with van der Waals surface area (Å²) in [5.41, 5.74) is -1.80. The molecular weight excluding hydrogens is 224 g/mol. The lowest BCUT2D eigenvalue weighted by Crippen LogP contribution is -2.09. The van der Waals surface area contributed by atoms with Crippen molar-refractivity contribution in [1.29, 1.82) is 0 Å². The standard InChI is InChI=1S/C9H6F4O.C2H6/c1-5-2-8(10)6(4-14)3-7(5)9(11,12)13;1-2/h2-4H,1H3;1-2H3. The van der Waals surface area contributed by atoms with Crippen LogP contribution in [0.15, 0.2) is 12.1 Å². The van der Waals surface area contributed by atoms with Gasteiger partial charge in [-0.1, -0.05) is 13.8 Å². The number of hydrogen-bond donors (Lipinski definition) is 0. The number of benzene rings is 1. The van der Waals surface area contributed by atoms with Crippen LogP contribution in [0.25, 0.3) is 0 Å². The highest BCUT2D eigenvalue weighted by Gasteiger charge is 2.33. The van der Waals surface area contributed by atoms with E-state index >= 15 is 0 Å². The number of halogens is 4. The minimum atomic E-state index is -4.56. The Balaban J connectivity index is 0.00000106. The highest BCUT2D eigenvalue weighted by atomic mass is 19.4. The van der Waals surface area contributed by atoms with Gasteiger partial charge in [0.2, 0.25) is 0 Å². The molecule has 0 aliphatic rings. The lowest BCUT2D eigenvalue weighted by molar-refractivity contribution is -0.138. The summed E-state index contributed by atoms with van der Waals surface area (Å²) in [4.78, 5) is 10.2. The Bertz CT molecular complexity index is 369. The molecule has 0 fully saturated rings. The Morgan fingerprint density at radius 1 is 1.19 bits per heavy atom. The second-order valence-electron chi connectivity index (χ2n) is 2.80. The average Bonchev–Trinajstić information content (AvgIpc) is 2.19. The van der Waals surface area contributed by atoms with E-state index in [0.717, 1.165) is 6.92 Å². The van der Waals surface area contributed by atoms with Gasteiger partial charge in [0, 0.05) is 0 Å². The Labute approximate surface area is 91.1 Å². The normalized spacial score (nSPS) is 10.4. The number of rotatable bonds is 1. The number of aldehydes is 1. The van der Waals surface area contributed by atoms with E-state index in [-0.39, 0.29) is 11.8 Å². The zero-order valence-corrected chi connectivity index (χ0v) is 9.15. The van der Waals surface area contributed by atoms with Crippen molar-refractivity contribution in [3.05, 3.63) is 34.6 Å². The van der Waals surface area contributed by atoms with E-state index < -0.39 is 23.1 Å². The Morgan fingerprint density at radius 2 is 1.69 bits per heavy atom. The minimum Gasteiger partial charge on any atom is -0.298 e. The largest absolute Gasteiger partial charge is 0.416 e. The fraction of sp³-hybridized carbons (Fsp3) is 0.364. The van der Waals surface area contributed by atoms with Crippen molar-refractivity contribution >= 4 is 6.29 Å². The topological polar surface area (TPSA) is 17.1 Å². The molecule has 1 aromatic carbocycles. The van der Waals surface area contributed by atoms with Crippen molar-refractivity contribution in [2.45, 2.75) is 26.9 Å². The zero-order chi connectivity index (χ0) is 12.9. The van der Waals surface area contributed by atoms with E-state index in [4.69, 9.17) is 0 Å². The van der Waals surface area contributed by atoms with E-state index in [1.165, 1.54) is 0 Å². The molecule has 0 N–H and O–H groups in total. The van der Waals surface area contributed by atoms with E-state index in [0.29, 0.717) is 12.1 Å². The third kappa shape index (κ3) is 3.32. The molecule has 0 atom stereocenters. The molecule has 0 saturated carbocycles. The van der Waals surface area contributed by atoms with E-state index in [9.17, 15) is 22.4 Å². The van der Waals surface area contributed by atoms with Gasteiger partial charge in [0.25, 0.3) is 0 Å². The van der Waals surface area contributed by atoms with Crippen LogP contribution in [0.2, 0.25) is 0 Å². The van der Waals surface area contributed by atoms with Crippen LogP contribution in [0.4, 0.5) is 17.6 Å². The first kappa shape index (κ1) is 14.6. The van der Waals surface area contributed by atoms with Crippen LogP contribution in [-0.4, -0.2) is 6.29 Å². The summed E-state index contributed by atoms with van der Waals surface area (Å²) in [5.74, 6) is -0.939. The fourth-order valence-electron chi connectivity index (χ4n) is 1.09. The van der Waals surface area contributed by atoms with Crippen LogP contribution < -0.4 is 0 Å². The summed E-state index contributed by atoms with van der Waals surface area (Å²) in [7, 11) is 0. The van der Waals surface area contributed by atoms with Crippen LogP contribution >= 0.6 is 0 Å². The SMILES string of the molecule is CC.Cc1cc(F)c(C=O)cc1C(F)(F)F. The van der Waals surface area contributed by atoms with Gasteiger partial charge in [-0.15, -0.1) is 0 Å². The van der Waals surface area contributed by atoms with Crippen molar-refractivity contribution < 1.29 is 22.4 Å². The lowest BCUT2D eigenvalue weighted by atomic mass is 10.0. The molecule has 90 valence electrons. The first-order valence-corrected chi connectivity index (χ1v) is 4.69. The molecule has 5 heteroatoms. The van der Waals surface area contributed by atoms with Gasteiger partial charge < -0.3 is 0 Å². The third-order valence-corrected chi connectivity index (χ3v) is 1.78. The van der Waals surface area contributed by atoms with Crippen molar-refractivity contribution in [2.24, 2.45) is 0 Å². The molecule has 1 rings (SSSR count). The molecule has 0 spiro atoms. The highest BCUT2D eigenvalue weighted by Crippen LogP contribution is 2.32. The van der Waals surface area contributed by atoms with Gasteiger partial charge in [0.1, 0.15) is 5.82 Å². The molecule has 0 amide bonds. The maximum absolute atomic E-state index is 12.8. The van der Waals surface area contributed by atoms with Crippen molar-refractivity contribution in [2.75, 3.05) is 0 Å². The van der Waals surface area contributed by atoms with Crippen LogP contribution in [0.3, 0.4) is 0 Å². The Kier molecular flexibility index (Phi) is 5.14. The second kappa shape index (κ2) is 5.63. The second-order valence-corrected chi connectivity index (χ2v) is 2.80. The van der Waals surface area contributed by atoms with Gasteiger partial charge in [0.05, 0.1) is 11.1 Å². The predicted octanol–water partition coefficient (Wildman–Crippen LogP) is 3.99. The van der Waals surface area contributed by atoms with Gasteiger partial charge in [-0.2, -0.15) is 13.2 Å². The van der Waals surface area contributed by atoms with Gasteiger partial charge in [-0.3, -0.25) is 4.79 Å². The first-order chi connectivity index (χ1) is 7.36. The van der Waals surface area contributed by atoms with Crippen LogP contribution in [0, 0.1) is 12.7 Å². The van der Waals surface area contributed by atoms with Crippen molar-refractivity contribution in [3.8, 4) is 0 Å². The first-order valence-electron chi connectivity index (χ1n) is 4.69. The molecule has 0 aliphatic carbocycles. The summed E-state index contributed by atoms with van der Waals surface area (Å²) in [6.07, 6.45) is -4.50. The summed E-state index contributed by atoms with van der Waals surface area (Å²) in [6.45, 7) is 5.14. The molecule has 16 heavy (non-hydrogen) atoms. The molecule has 0 unspecified atom stereocenters. The Hall–Kier alpha value is -1.39. The predicted molar refractivity (Wildman–Crippen MR) is 52.9 cm³/mol. The summed E-state index contributed by atoms with van der Waals surface area (Å²) >= 11 is 0. The molecule has 0 aliphatic heterocycles. The van der Waals surface area contributed by atoms with Crippen LogP contribution in [-0.2, 0) is 6.18 Å². The Morgan fingerprint density at radius 3 is 2.06 bits per heavy atom. The summed E-state index contributed by atoms with van der Waals surface area (Å²) in [6, 6.07) is 1.21. The maximum Gasteiger partial charge on any atom is 0.416 e. The monoisotopic (exact) mass is 236 g/mol. The van der Waals surface area contributed by atoms with Crippen molar-refractivity contribution in [1.82, 2.24) is 0 Å². The van der Waals surface area contributed by atoms with Gasteiger partial charge in [-0.25, -0.2) is 4.39 Å². The van der Waals surface area contributed by atoms with Gasteiger partial charge >= 0.3 is 6.18 Å². The molecule has 0 bridgehead atoms. The molecule has 0 saturated heterocycles. The fourth-order valence-corrected chi connectivity index (χ4v) is 1.09. The van der Waals surface area contributed by atoms with E-state index in [2.05, 4.69) is 0 Å². The van der Waals surface area contributed by atoms with Gasteiger partial charge in [-0.05, 0) is 24.6 Å².